The second-order valence-electron chi connectivity index (χ2n) is 2.63. The van der Waals surface area contributed by atoms with Crippen LogP contribution in [0.25, 0.3) is 0 Å². The molecule has 12 heavy (non-hydrogen) atoms. The van der Waals surface area contributed by atoms with E-state index in [1.807, 2.05) is 0 Å². The maximum absolute atomic E-state index is 11.0. The zero-order valence-electron chi connectivity index (χ0n) is 6.73. The zero-order valence-corrected chi connectivity index (χ0v) is 6.73. The van der Waals surface area contributed by atoms with Crippen LogP contribution in [0.1, 0.15) is 0 Å². The number of nitrogens with two attached hydrogens (primary N) is 1. The van der Waals surface area contributed by atoms with E-state index in [4.69, 9.17) is 5.73 Å². The molecule has 3 N–H and O–H groups in total. The first kappa shape index (κ1) is 8.96. The van der Waals surface area contributed by atoms with Gasteiger partial charge in [0, 0.05) is 0 Å². The van der Waals surface area contributed by atoms with Crippen LogP contribution in [0.15, 0.2) is 24.3 Å². The van der Waals surface area contributed by atoms with E-state index in [1.54, 1.807) is 12.2 Å². The van der Waals surface area contributed by atoms with Gasteiger partial charge >= 0.3 is 5.97 Å². The lowest BCUT2D eigenvalue weighted by Gasteiger charge is -2.27. The summed E-state index contributed by atoms with van der Waals surface area (Å²) < 4.78 is 4.46. The van der Waals surface area contributed by atoms with Gasteiger partial charge in [-0.2, -0.15) is 0 Å². The first-order valence-electron chi connectivity index (χ1n) is 3.53. The van der Waals surface area contributed by atoms with Crippen molar-refractivity contribution >= 4 is 5.97 Å². The molecule has 0 bridgehead atoms. The number of rotatable bonds is 1. The Hall–Kier alpha value is -1.13. The molecule has 4 heteroatoms. The van der Waals surface area contributed by atoms with Crippen LogP contribution in [0.2, 0.25) is 0 Å². The van der Waals surface area contributed by atoms with E-state index >= 15 is 0 Å². The fraction of sp³-hybridized carbons (Fsp3) is 0.375. The van der Waals surface area contributed by atoms with E-state index < -0.39 is 17.6 Å². The maximum Gasteiger partial charge on any atom is 0.317 e. The molecule has 0 saturated carbocycles. The molecule has 0 aromatic carbocycles. The standard InChI is InChI=1S/C8H11NO3/c1-12-7(10)6-4-2-3-5-8(6,9)11/h2-6,11H,9H2,1H3. The van der Waals surface area contributed by atoms with Crippen LogP contribution in [0.5, 0.6) is 0 Å². The lowest BCUT2D eigenvalue weighted by molar-refractivity contribution is -0.149. The maximum atomic E-state index is 11.0. The molecule has 0 amide bonds. The Morgan fingerprint density at radius 2 is 2.33 bits per heavy atom. The van der Waals surface area contributed by atoms with Crippen LogP contribution in [-0.2, 0) is 9.53 Å². The van der Waals surface area contributed by atoms with Gasteiger partial charge in [0.2, 0.25) is 0 Å². The Labute approximate surface area is 70.3 Å². The Balaban J connectivity index is 2.84. The number of hydrogen-bond donors (Lipinski definition) is 2. The van der Waals surface area contributed by atoms with Crippen LogP contribution in [0.4, 0.5) is 0 Å². The highest BCUT2D eigenvalue weighted by molar-refractivity contribution is 5.76. The molecule has 0 fully saturated rings. The molecule has 0 aromatic rings. The molecule has 0 aliphatic heterocycles. The van der Waals surface area contributed by atoms with Gasteiger partial charge in [0.25, 0.3) is 0 Å². The molecule has 1 rings (SSSR count). The number of hydrogen-bond acceptors (Lipinski definition) is 4. The van der Waals surface area contributed by atoms with Gasteiger partial charge in [0.1, 0.15) is 11.6 Å². The van der Waals surface area contributed by atoms with Crippen LogP contribution < -0.4 is 5.73 Å². The lowest BCUT2D eigenvalue weighted by atomic mass is 9.92. The Bertz CT molecular complexity index is 243. The van der Waals surface area contributed by atoms with E-state index in [0.717, 1.165) is 0 Å². The summed E-state index contributed by atoms with van der Waals surface area (Å²) in [5.74, 6) is -1.35. The second kappa shape index (κ2) is 3.08. The van der Waals surface area contributed by atoms with Crippen molar-refractivity contribution in [3.05, 3.63) is 24.3 Å². The number of aliphatic hydroxyl groups is 1. The van der Waals surface area contributed by atoms with Crippen molar-refractivity contribution in [1.29, 1.82) is 0 Å². The first-order chi connectivity index (χ1) is 5.58. The van der Waals surface area contributed by atoms with E-state index in [0.29, 0.717) is 0 Å². The average molecular weight is 169 g/mol. The van der Waals surface area contributed by atoms with Crippen molar-refractivity contribution in [2.75, 3.05) is 7.11 Å². The molecule has 66 valence electrons. The third-order valence-corrected chi connectivity index (χ3v) is 1.73. The monoisotopic (exact) mass is 169 g/mol. The third kappa shape index (κ3) is 1.54. The number of ether oxygens (including phenoxy) is 1. The van der Waals surface area contributed by atoms with Crippen LogP contribution in [-0.4, -0.2) is 23.9 Å². The predicted octanol–water partition coefficient (Wildman–Crippen LogP) is -0.451. The Morgan fingerprint density at radius 3 is 2.83 bits per heavy atom. The van der Waals surface area contributed by atoms with E-state index in [1.165, 1.54) is 19.3 Å². The van der Waals surface area contributed by atoms with Crippen LogP contribution in [0.3, 0.4) is 0 Å². The highest BCUT2D eigenvalue weighted by Gasteiger charge is 2.35. The van der Waals surface area contributed by atoms with Crippen molar-refractivity contribution in [2.45, 2.75) is 5.72 Å². The second-order valence-corrected chi connectivity index (χ2v) is 2.63. The summed E-state index contributed by atoms with van der Waals surface area (Å²) in [6, 6.07) is 0. The van der Waals surface area contributed by atoms with E-state index in [2.05, 4.69) is 4.74 Å². The molecule has 0 spiro atoms. The normalized spacial score (nSPS) is 33.4. The number of carbonyl (C=O) groups is 1. The van der Waals surface area contributed by atoms with Gasteiger partial charge in [0.05, 0.1) is 7.11 Å². The van der Waals surface area contributed by atoms with Gasteiger partial charge in [-0.1, -0.05) is 18.2 Å². The number of esters is 1. The molecule has 2 atom stereocenters. The third-order valence-electron chi connectivity index (χ3n) is 1.73. The summed E-state index contributed by atoms with van der Waals surface area (Å²) in [6.45, 7) is 0. The lowest BCUT2D eigenvalue weighted by Crippen LogP contribution is -2.49. The molecule has 4 nitrogen and oxygen atoms in total. The summed E-state index contributed by atoms with van der Waals surface area (Å²) in [6.07, 6.45) is 6.09. The summed E-state index contributed by atoms with van der Waals surface area (Å²) in [5.41, 5.74) is 3.79. The topological polar surface area (TPSA) is 72.5 Å². The van der Waals surface area contributed by atoms with E-state index in [9.17, 15) is 9.90 Å². The number of methoxy groups -OCH3 is 1. The predicted molar refractivity (Wildman–Crippen MR) is 42.9 cm³/mol. The molecular weight excluding hydrogens is 158 g/mol. The highest BCUT2D eigenvalue weighted by atomic mass is 16.5. The quantitative estimate of drug-likeness (QED) is 0.412. The van der Waals surface area contributed by atoms with Gasteiger partial charge in [-0.15, -0.1) is 0 Å². The fourth-order valence-electron chi connectivity index (χ4n) is 1.04. The SMILES string of the molecule is COC(=O)C1C=CC=CC1(N)O. The van der Waals surface area contributed by atoms with Crippen LogP contribution in [0, 0.1) is 5.92 Å². The summed E-state index contributed by atoms with van der Waals surface area (Å²) in [7, 11) is 1.25. The molecule has 0 saturated heterocycles. The Morgan fingerprint density at radius 1 is 1.67 bits per heavy atom. The molecule has 1 aliphatic carbocycles. The zero-order chi connectivity index (χ0) is 9.19. The smallest absolute Gasteiger partial charge is 0.317 e. The summed E-state index contributed by atoms with van der Waals surface area (Å²) >= 11 is 0. The number of carbonyl (C=O) groups excluding carboxylic acids is 1. The van der Waals surface area contributed by atoms with Crippen molar-refractivity contribution in [3.8, 4) is 0 Å². The van der Waals surface area contributed by atoms with Crippen molar-refractivity contribution in [1.82, 2.24) is 0 Å². The minimum atomic E-state index is -1.62. The van der Waals surface area contributed by atoms with Crippen LogP contribution >= 0.6 is 0 Å². The Kier molecular flexibility index (Phi) is 2.30. The van der Waals surface area contributed by atoms with Gasteiger partial charge in [-0.05, 0) is 6.08 Å². The molecule has 0 heterocycles. The highest BCUT2D eigenvalue weighted by Crippen LogP contribution is 2.20. The van der Waals surface area contributed by atoms with Gasteiger partial charge in [0.15, 0.2) is 0 Å². The van der Waals surface area contributed by atoms with Gasteiger partial charge < -0.3 is 9.84 Å². The molecule has 2 unspecified atom stereocenters. The molecule has 1 aliphatic rings. The van der Waals surface area contributed by atoms with E-state index in [-0.39, 0.29) is 0 Å². The van der Waals surface area contributed by atoms with Crippen molar-refractivity contribution in [3.63, 3.8) is 0 Å². The summed E-state index contributed by atoms with van der Waals surface area (Å²) in [5, 5.41) is 9.47. The largest absolute Gasteiger partial charge is 0.468 e. The minimum Gasteiger partial charge on any atom is -0.468 e. The molecule has 0 radical (unpaired) electrons. The molecule has 0 aromatic heterocycles. The minimum absolute atomic E-state index is 0.541. The van der Waals surface area contributed by atoms with Crippen molar-refractivity contribution < 1.29 is 14.6 Å². The average Bonchev–Trinajstić information content (AvgIpc) is 2.02. The fourth-order valence-corrected chi connectivity index (χ4v) is 1.04. The molecular formula is C8H11NO3. The van der Waals surface area contributed by atoms with Crippen molar-refractivity contribution in [2.24, 2.45) is 11.7 Å². The first-order valence-corrected chi connectivity index (χ1v) is 3.53. The van der Waals surface area contributed by atoms with Gasteiger partial charge in [-0.25, -0.2) is 0 Å². The number of allylic oxidation sites excluding steroid dienone is 2. The van der Waals surface area contributed by atoms with Gasteiger partial charge in [-0.3, -0.25) is 10.5 Å². The summed E-state index contributed by atoms with van der Waals surface area (Å²) in [4.78, 5) is 11.0.